The van der Waals surface area contributed by atoms with Crippen molar-refractivity contribution in [1.82, 2.24) is 19.4 Å². The number of likely N-dealkylation sites (tertiary alicyclic amines) is 1. The van der Waals surface area contributed by atoms with E-state index in [1.165, 1.54) is 29.2 Å². The van der Waals surface area contributed by atoms with E-state index in [-0.39, 0.29) is 11.4 Å². The summed E-state index contributed by atoms with van der Waals surface area (Å²) < 4.78 is 15.4. The number of aromatic nitrogens is 3. The number of H-pyrrole nitrogens is 1. The second-order valence-corrected chi connectivity index (χ2v) is 8.38. The Morgan fingerprint density at radius 3 is 2.86 bits per heavy atom. The molecular formula is C22H21FN4OS. The summed E-state index contributed by atoms with van der Waals surface area (Å²) in [5.41, 5.74) is 2.77. The maximum Gasteiger partial charge on any atom is 0.260 e. The van der Waals surface area contributed by atoms with E-state index in [9.17, 15) is 9.18 Å². The molecule has 0 radical (unpaired) electrons. The zero-order valence-electron chi connectivity index (χ0n) is 16.1. The molecule has 1 aliphatic heterocycles. The molecule has 0 saturated carbocycles. The Balaban J connectivity index is 1.47. The molecule has 29 heavy (non-hydrogen) atoms. The highest BCUT2D eigenvalue weighted by Crippen LogP contribution is 2.34. The molecule has 0 bridgehead atoms. The summed E-state index contributed by atoms with van der Waals surface area (Å²) in [4.78, 5) is 23.7. The summed E-state index contributed by atoms with van der Waals surface area (Å²) in [5, 5.41) is 2.50. The van der Waals surface area contributed by atoms with E-state index < -0.39 is 0 Å². The number of hydrogen-bond donors (Lipinski definition) is 1. The van der Waals surface area contributed by atoms with Crippen LogP contribution in [0.4, 0.5) is 4.39 Å². The Labute approximate surface area is 171 Å². The second kappa shape index (κ2) is 7.24. The molecule has 148 valence electrons. The molecule has 1 saturated heterocycles. The summed E-state index contributed by atoms with van der Waals surface area (Å²) in [7, 11) is 2.07. The standard InChI is InChI=1S/C22H21FN4OS/c1-26-10-2-4-17(26)18-5-3-11-27(18)12-19-24-21(28)20-16(13-29-22(20)25-19)14-6-8-15(23)9-7-14/h2,4,6-10,13,18H,3,5,11-12H2,1H3,(H,24,25,28)/t18-/m0/s1. The summed E-state index contributed by atoms with van der Waals surface area (Å²) in [5.74, 6) is 0.400. The average Bonchev–Trinajstić information content (AvgIpc) is 3.42. The first-order valence-electron chi connectivity index (χ1n) is 9.72. The van der Waals surface area contributed by atoms with Crippen molar-refractivity contribution in [3.8, 4) is 11.1 Å². The minimum absolute atomic E-state index is 0.139. The first-order chi connectivity index (χ1) is 14.1. The Bertz CT molecular complexity index is 1220. The highest BCUT2D eigenvalue weighted by atomic mass is 32.1. The number of nitrogens with zero attached hydrogens (tertiary/aromatic N) is 3. The van der Waals surface area contributed by atoms with E-state index in [4.69, 9.17) is 4.98 Å². The number of fused-ring (bicyclic) bond motifs is 1. The zero-order valence-corrected chi connectivity index (χ0v) is 16.9. The van der Waals surface area contributed by atoms with Gasteiger partial charge < -0.3 is 9.55 Å². The monoisotopic (exact) mass is 408 g/mol. The Kier molecular flexibility index (Phi) is 4.56. The Morgan fingerprint density at radius 2 is 2.10 bits per heavy atom. The van der Waals surface area contributed by atoms with Crippen molar-refractivity contribution in [3.63, 3.8) is 0 Å². The lowest BCUT2D eigenvalue weighted by Crippen LogP contribution is -2.26. The third-order valence-electron chi connectivity index (χ3n) is 5.69. The molecule has 0 unspecified atom stereocenters. The molecule has 1 atom stereocenters. The lowest BCUT2D eigenvalue weighted by Gasteiger charge is -2.24. The van der Waals surface area contributed by atoms with Gasteiger partial charge in [0.05, 0.1) is 18.0 Å². The van der Waals surface area contributed by atoms with E-state index >= 15 is 0 Å². The van der Waals surface area contributed by atoms with Crippen LogP contribution in [0.3, 0.4) is 0 Å². The summed E-state index contributed by atoms with van der Waals surface area (Å²) in [6.07, 6.45) is 4.31. The van der Waals surface area contributed by atoms with Gasteiger partial charge in [-0.05, 0) is 49.2 Å². The molecule has 5 nitrogen and oxygen atoms in total. The van der Waals surface area contributed by atoms with Crippen LogP contribution in [0.25, 0.3) is 21.3 Å². The van der Waals surface area contributed by atoms with E-state index in [0.29, 0.717) is 23.8 Å². The number of rotatable bonds is 4. The van der Waals surface area contributed by atoms with Gasteiger partial charge in [-0.25, -0.2) is 9.37 Å². The van der Waals surface area contributed by atoms with Gasteiger partial charge in [-0.15, -0.1) is 11.3 Å². The van der Waals surface area contributed by atoms with Gasteiger partial charge in [-0.2, -0.15) is 0 Å². The minimum Gasteiger partial charge on any atom is -0.353 e. The van der Waals surface area contributed by atoms with E-state index in [0.717, 1.165) is 35.3 Å². The largest absolute Gasteiger partial charge is 0.353 e. The van der Waals surface area contributed by atoms with Gasteiger partial charge in [-0.3, -0.25) is 9.69 Å². The van der Waals surface area contributed by atoms with Gasteiger partial charge in [0.2, 0.25) is 0 Å². The Morgan fingerprint density at radius 1 is 1.28 bits per heavy atom. The molecule has 0 amide bonds. The third kappa shape index (κ3) is 3.30. The number of halogens is 1. The van der Waals surface area contributed by atoms with Gasteiger partial charge in [-0.1, -0.05) is 12.1 Å². The van der Waals surface area contributed by atoms with Crippen molar-refractivity contribution < 1.29 is 4.39 Å². The molecule has 0 spiro atoms. The summed E-state index contributed by atoms with van der Waals surface area (Å²) in [6.45, 7) is 1.60. The van der Waals surface area contributed by atoms with Crippen molar-refractivity contribution in [2.75, 3.05) is 6.54 Å². The number of nitrogens with one attached hydrogen (secondary N) is 1. The highest BCUT2D eigenvalue weighted by molar-refractivity contribution is 7.17. The highest BCUT2D eigenvalue weighted by Gasteiger charge is 2.28. The molecule has 1 aliphatic rings. The molecule has 1 N–H and O–H groups in total. The second-order valence-electron chi connectivity index (χ2n) is 7.52. The van der Waals surface area contributed by atoms with Crippen molar-refractivity contribution in [1.29, 1.82) is 0 Å². The number of aromatic amines is 1. The number of hydrogen-bond acceptors (Lipinski definition) is 4. The van der Waals surface area contributed by atoms with Crippen molar-refractivity contribution in [2.45, 2.75) is 25.4 Å². The third-order valence-corrected chi connectivity index (χ3v) is 6.56. The maximum absolute atomic E-state index is 13.2. The van der Waals surface area contributed by atoms with Crippen LogP contribution in [0, 0.1) is 5.82 Å². The fraction of sp³-hybridized carbons (Fsp3) is 0.273. The SMILES string of the molecule is Cn1cccc1[C@@H]1CCCN1Cc1nc2scc(-c3ccc(F)cc3)c2c(=O)[nH]1. The quantitative estimate of drug-likeness (QED) is 0.542. The molecule has 1 aromatic carbocycles. The van der Waals surface area contributed by atoms with Crippen molar-refractivity contribution in [3.05, 3.63) is 75.7 Å². The molecule has 4 heterocycles. The fourth-order valence-electron chi connectivity index (χ4n) is 4.27. The normalized spacial score (nSPS) is 17.4. The molecule has 1 fully saturated rings. The maximum atomic E-state index is 13.2. The first kappa shape index (κ1) is 18.3. The van der Waals surface area contributed by atoms with Crippen LogP contribution in [-0.2, 0) is 13.6 Å². The van der Waals surface area contributed by atoms with Gasteiger partial charge in [0.15, 0.2) is 0 Å². The number of aryl methyl sites for hydroxylation is 1. The minimum atomic E-state index is -0.291. The van der Waals surface area contributed by atoms with Crippen LogP contribution in [-0.4, -0.2) is 26.0 Å². The van der Waals surface area contributed by atoms with E-state index in [1.807, 2.05) is 5.38 Å². The van der Waals surface area contributed by atoms with Gasteiger partial charge in [0, 0.05) is 29.9 Å². The topological polar surface area (TPSA) is 53.9 Å². The predicted octanol–water partition coefficient (Wildman–Crippen LogP) is 4.47. The first-order valence-corrected chi connectivity index (χ1v) is 10.6. The summed E-state index contributed by atoms with van der Waals surface area (Å²) in [6, 6.07) is 10.8. The van der Waals surface area contributed by atoms with Gasteiger partial charge in [0.1, 0.15) is 16.5 Å². The molecule has 4 aromatic rings. The molecule has 0 aliphatic carbocycles. The van der Waals surface area contributed by atoms with Crippen LogP contribution < -0.4 is 5.56 Å². The van der Waals surface area contributed by atoms with Crippen LogP contribution in [0.1, 0.15) is 30.4 Å². The van der Waals surface area contributed by atoms with Gasteiger partial charge in [0.25, 0.3) is 5.56 Å². The predicted molar refractivity (Wildman–Crippen MR) is 113 cm³/mol. The van der Waals surface area contributed by atoms with E-state index in [1.54, 1.807) is 12.1 Å². The van der Waals surface area contributed by atoms with Crippen molar-refractivity contribution in [2.24, 2.45) is 7.05 Å². The molecule has 3 aromatic heterocycles. The zero-order chi connectivity index (χ0) is 20.0. The molecule has 7 heteroatoms. The molecular weight excluding hydrogens is 387 g/mol. The van der Waals surface area contributed by atoms with Crippen LogP contribution in [0.2, 0.25) is 0 Å². The van der Waals surface area contributed by atoms with Crippen LogP contribution in [0.5, 0.6) is 0 Å². The number of thiophene rings is 1. The lowest BCUT2D eigenvalue weighted by atomic mass is 10.1. The van der Waals surface area contributed by atoms with E-state index in [2.05, 4.69) is 39.8 Å². The average molecular weight is 409 g/mol. The molecule has 5 rings (SSSR count). The number of benzene rings is 1. The summed E-state index contributed by atoms with van der Waals surface area (Å²) >= 11 is 1.45. The van der Waals surface area contributed by atoms with Crippen LogP contribution in [0.15, 0.2) is 52.8 Å². The fourth-order valence-corrected chi connectivity index (χ4v) is 5.24. The van der Waals surface area contributed by atoms with Crippen LogP contribution >= 0.6 is 11.3 Å². The smallest absolute Gasteiger partial charge is 0.260 e. The van der Waals surface area contributed by atoms with Gasteiger partial charge >= 0.3 is 0 Å². The van der Waals surface area contributed by atoms with Crippen molar-refractivity contribution >= 4 is 21.6 Å². The lowest BCUT2D eigenvalue weighted by molar-refractivity contribution is 0.235. The Hall–Kier alpha value is -2.77.